The van der Waals surface area contributed by atoms with Crippen LogP contribution < -0.4 is 0 Å². The molecule has 3 rings (SSSR count). The topological polar surface area (TPSA) is 0 Å². The van der Waals surface area contributed by atoms with Crippen molar-refractivity contribution in [3.05, 3.63) is 120 Å². The Labute approximate surface area is 240 Å². The highest BCUT2D eigenvalue weighted by Crippen LogP contribution is 2.26. The number of allylic oxidation sites excluding steroid dienone is 2. The lowest BCUT2D eigenvalue weighted by Crippen LogP contribution is -2.46. The molecule has 0 saturated heterocycles. The lowest BCUT2D eigenvalue weighted by molar-refractivity contribution is -0.966. The average molecular weight is 525 g/mol. The largest absolute Gasteiger partial charge is 0.312 e. The van der Waals surface area contributed by atoms with Gasteiger partial charge in [-0.2, -0.15) is 0 Å². The molecule has 0 saturated carbocycles. The maximum atomic E-state index is 2.36. The Bertz CT molecular complexity index is 891. The summed E-state index contributed by atoms with van der Waals surface area (Å²) in [5, 5.41) is 0. The van der Waals surface area contributed by atoms with Crippen LogP contribution in [0.25, 0.3) is 0 Å². The van der Waals surface area contributed by atoms with E-state index in [0.717, 1.165) is 24.1 Å². The van der Waals surface area contributed by atoms with Crippen LogP contribution in [0.4, 0.5) is 0 Å². The van der Waals surface area contributed by atoms with Gasteiger partial charge < -0.3 is 4.48 Å². The van der Waals surface area contributed by atoms with Crippen LogP contribution >= 0.6 is 0 Å². The summed E-state index contributed by atoms with van der Waals surface area (Å²) < 4.78 is 1.09. The maximum absolute atomic E-state index is 2.36. The van der Waals surface area contributed by atoms with Crippen LogP contribution in [0.15, 0.2) is 103 Å². The molecular formula is C38H54N+. The highest BCUT2D eigenvalue weighted by Gasteiger charge is 2.28. The van der Waals surface area contributed by atoms with Gasteiger partial charge in [0.1, 0.15) is 19.6 Å². The van der Waals surface area contributed by atoms with E-state index in [-0.39, 0.29) is 0 Å². The zero-order chi connectivity index (χ0) is 27.3. The van der Waals surface area contributed by atoms with Crippen LogP contribution in [0.3, 0.4) is 0 Å². The van der Waals surface area contributed by atoms with E-state index in [4.69, 9.17) is 0 Å². The molecule has 210 valence electrons. The molecule has 0 N–H and O–H groups in total. The van der Waals surface area contributed by atoms with Crippen molar-refractivity contribution in [3.8, 4) is 0 Å². The van der Waals surface area contributed by atoms with E-state index in [1.807, 2.05) is 0 Å². The van der Waals surface area contributed by atoms with Crippen molar-refractivity contribution in [3.63, 3.8) is 0 Å². The third-order valence-electron chi connectivity index (χ3n) is 7.99. The zero-order valence-electron chi connectivity index (χ0n) is 24.8. The molecule has 0 aliphatic carbocycles. The van der Waals surface area contributed by atoms with Gasteiger partial charge >= 0.3 is 0 Å². The van der Waals surface area contributed by atoms with Gasteiger partial charge in [-0.1, -0.05) is 161 Å². The molecule has 1 nitrogen and oxygen atoms in total. The molecule has 3 aromatic carbocycles. The molecule has 0 amide bonds. The maximum Gasteiger partial charge on any atom is 0.105 e. The van der Waals surface area contributed by atoms with E-state index in [9.17, 15) is 0 Å². The lowest BCUT2D eigenvalue weighted by atomic mass is 10.0. The predicted octanol–water partition coefficient (Wildman–Crippen LogP) is 11.1. The monoisotopic (exact) mass is 524 g/mol. The summed E-state index contributed by atoms with van der Waals surface area (Å²) in [4.78, 5) is 0. The van der Waals surface area contributed by atoms with Gasteiger partial charge in [-0.05, 0) is 32.1 Å². The second kappa shape index (κ2) is 19.4. The average Bonchev–Trinajstić information content (AvgIpc) is 2.97. The van der Waals surface area contributed by atoms with Crippen molar-refractivity contribution in [1.82, 2.24) is 0 Å². The first-order chi connectivity index (χ1) is 19.3. The molecular weight excluding hydrogens is 470 g/mol. The highest BCUT2D eigenvalue weighted by atomic mass is 15.3. The van der Waals surface area contributed by atoms with Gasteiger partial charge in [0.25, 0.3) is 0 Å². The SMILES string of the molecule is CC/C=C/CCCCCCCCCCCCC[N+](Cc1ccccc1)(Cc1ccccc1)Cc1ccccc1. The highest BCUT2D eigenvalue weighted by molar-refractivity contribution is 5.17. The van der Waals surface area contributed by atoms with Gasteiger partial charge in [0.15, 0.2) is 0 Å². The molecule has 0 aromatic heterocycles. The predicted molar refractivity (Wildman–Crippen MR) is 170 cm³/mol. The quantitative estimate of drug-likeness (QED) is 0.0738. The number of rotatable bonds is 21. The number of nitrogens with zero attached hydrogens (tertiary/aromatic N) is 1. The van der Waals surface area contributed by atoms with Crippen molar-refractivity contribution in [1.29, 1.82) is 0 Å². The molecule has 39 heavy (non-hydrogen) atoms. The Morgan fingerprint density at radius 2 is 0.795 bits per heavy atom. The van der Waals surface area contributed by atoms with Crippen molar-refractivity contribution < 1.29 is 4.48 Å². The first-order valence-corrected chi connectivity index (χ1v) is 15.9. The van der Waals surface area contributed by atoms with Gasteiger partial charge in [-0.15, -0.1) is 0 Å². The van der Waals surface area contributed by atoms with Crippen LogP contribution in [0.1, 0.15) is 107 Å². The van der Waals surface area contributed by atoms with Gasteiger partial charge in [0.2, 0.25) is 0 Å². The Morgan fingerprint density at radius 3 is 1.18 bits per heavy atom. The minimum Gasteiger partial charge on any atom is -0.312 e. The van der Waals surface area contributed by atoms with E-state index in [0.29, 0.717) is 0 Å². The number of benzene rings is 3. The first kappa shape index (κ1) is 30.9. The van der Waals surface area contributed by atoms with Crippen molar-refractivity contribution in [2.24, 2.45) is 0 Å². The van der Waals surface area contributed by atoms with E-state index in [1.54, 1.807) is 0 Å². The molecule has 0 heterocycles. The molecule has 0 bridgehead atoms. The first-order valence-electron chi connectivity index (χ1n) is 15.9. The third kappa shape index (κ3) is 13.3. The van der Waals surface area contributed by atoms with Crippen LogP contribution in [0.5, 0.6) is 0 Å². The summed E-state index contributed by atoms with van der Waals surface area (Å²) in [6.45, 7) is 6.69. The Morgan fingerprint density at radius 1 is 0.436 bits per heavy atom. The number of hydrogen-bond acceptors (Lipinski definition) is 0. The zero-order valence-corrected chi connectivity index (χ0v) is 24.8. The van der Waals surface area contributed by atoms with Gasteiger partial charge in [0.05, 0.1) is 6.54 Å². The normalized spacial score (nSPS) is 11.8. The Balaban J connectivity index is 1.46. The van der Waals surface area contributed by atoms with E-state index >= 15 is 0 Å². The van der Waals surface area contributed by atoms with Crippen LogP contribution in [0.2, 0.25) is 0 Å². The molecule has 3 aromatic rings. The summed E-state index contributed by atoms with van der Waals surface area (Å²) in [6, 6.07) is 33.5. The van der Waals surface area contributed by atoms with Gasteiger partial charge in [-0.25, -0.2) is 0 Å². The van der Waals surface area contributed by atoms with Crippen LogP contribution in [-0.4, -0.2) is 11.0 Å². The van der Waals surface area contributed by atoms with Gasteiger partial charge in [-0.3, -0.25) is 0 Å². The standard InChI is InChI=1S/C38H54N/c1-2-3-4-5-6-7-8-9-10-11-12-13-14-15-25-32-39(33-36-26-19-16-20-27-36,34-37-28-21-17-22-29-37)35-38-30-23-18-24-31-38/h3-4,16-24,26-31H,2,5-15,25,32-35H2,1H3/q+1/b4-3+. The smallest absolute Gasteiger partial charge is 0.105 e. The molecule has 0 radical (unpaired) electrons. The fourth-order valence-corrected chi connectivity index (χ4v) is 5.90. The second-order valence-electron chi connectivity index (χ2n) is 11.6. The van der Waals surface area contributed by atoms with E-state index in [1.165, 1.54) is 107 Å². The molecule has 1 heteroatoms. The van der Waals surface area contributed by atoms with E-state index < -0.39 is 0 Å². The summed E-state index contributed by atoms with van der Waals surface area (Å²) in [5.74, 6) is 0. The fourth-order valence-electron chi connectivity index (χ4n) is 5.90. The summed E-state index contributed by atoms with van der Waals surface area (Å²) in [5.41, 5.74) is 4.34. The Hall–Kier alpha value is -2.64. The van der Waals surface area contributed by atoms with Crippen molar-refractivity contribution in [2.45, 2.75) is 110 Å². The Kier molecular flexibility index (Phi) is 15.4. The molecule has 0 unspecified atom stereocenters. The third-order valence-corrected chi connectivity index (χ3v) is 7.99. The van der Waals surface area contributed by atoms with Crippen LogP contribution in [-0.2, 0) is 19.6 Å². The molecule has 0 atom stereocenters. The molecule has 0 spiro atoms. The fraction of sp³-hybridized carbons (Fsp3) is 0.474. The minimum atomic E-state index is 1.08. The number of quaternary nitrogens is 1. The number of hydrogen-bond donors (Lipinski definition) is 0. The summed E-state index contributed by atoms with van der Waals surface area (Å²) in [6.07, 6.45) is 22.4. The summed E-state index contributed by atoms with van der Waals surface area (Å²) in [7, 11) is 0. The number of unbranched alkanes of at least 4 members (excludes halogenated alkanes) is 11. The van der Waals surface area contributed by atoms with E-state index in [2.05, 4.69) is 110 Å². The molecule has 0 aliphatic heterocycles. The molecule has 0 fully saturated rings. The minimum absolute atomic E-state index is 1.08. The summed E-state index contributed by atoms with van der Waals surface area (Å²) >= 11 is 0. The van der Waals surface area contributed by atoms with Crippen molar-refractivity contribution >= 4 is 0 Å². The second-order valence-corrected chi connectivity index (χ2v) is 11.6. The van der Waals surface area contributed by atoms with Gasteiger partial charge in [0, 0.05) is 16.7 Å². The van der Waals surface area contributed by atoms with Crippen LogP contribution in [0, 0.1) is 0 Å². The lowest BCUT2D eigenvalue weighted by Gasteiger charge is -2.39. The van der Waals surface area contributed by atoms with Crippen molar-refractivity contribution in [2.75, 3.05) is 6.54 Å². The molecule has 0 aliphatic rings.